The molecule has 1 aromatic heterocycles. The molecule has 8 nitrogen and oxygen atoms in total. The zero-order chi connectivity index (χ0) is 21.5. The van der Waals surface area contributed by atoms with E-state index in [1.807, 2.05) is 12.1 Å². The first-order valence-corrected chi connectivity index (χ1v) is 11.1. The molecule has 0 aliphatic carbocycles. The third-order valence-corrected chi connectivity index (χ3v) is 6.27. The molecule has 3 heterocycles. The van der Waals surface area contributed by atoms with Crippen molar-refractivity contribution in [3.8, 4) is 0 Å². The van der Waals surface area contributed by atoms with E-state index in [1.54, 1.807) is 6.26 Å². The number of nitrogens with one attached hydrogen (secondary N) is 4. The van der Waals surface area contributed by atoms with Crippen molar-refractivity contribution in [1.29, 1.82) is 0 Å². The topological polar surface area (TPSA) is 89.4 Å². The van der Waals surface area contributed by atoms with Crippen molar-refractivity contribution in [2.45, 2.75) is 19.0 Å². The van der Waals surface area contributed by atoms with Gasteiger partial charge in [0.05, 0.1) is 45.7 Å². The van der Waals surface area contributed by atoms with E-state index in [-0.39, 0.29) is 6.04 Å². The maximum absolute atomic E-state index is 12.4. The van der Waals surface area contributed by atoms with Gasteiger partial charge in [-0.05, 0) is 17.7 Å². The van der Waals surface area contributed by atoms with E-state index in [2.05, 4.69) is 34.9 Å². The zero-order valence-electron chi connectivity index (χ0n) is 17.8. The van der Waals surface area contributed by atoms with Crippen molar-refractivity contribution in [2.24, 2.45) is 0 Å². The predicted molar refractivity (Wildman–Crippen MR) is 114 cm³/mol. The number of fused-ring (bicyclic) bond motifs is 1. The number of furan rings is 1. The van der Waals surface area contributed by atoms with Gasteiger partial charge in [-0.2, -0.15) is 0 Å². The van der Waals surface area contributed by atoms with Crippen LogP contribution < -0.4 is 20.4 Å². The highest BCUT2D eigenvalue weighted by Crippen LogP contribution is 2.15. The van der Waals surface area contributed by atoms with Crippen molar-refractivity contribution in [2.75, 3.05) is 52.5 Å². The van der Waals surface area contributed by atoms with Gasteiger partial charge in [-0.3, -0.25) is 9.59 Å². The summed E-state index contributed by atoms with van der Waals surface area (Å²) in [4.78, 5) is 27.3. The van der Waals surface area contributed by atoms with Crippen LogP contribution >= 0.6 is 0 Å². The lowest BCUT2D eigenvalue weighted by Crippen LogP contribution is -3.14. The maximum atomic E-state index is 12.4. The van der Waals surface area contributed by atoms with Gasteiger partial charge in [-0.1, -0.05) is 24.3 Å². The van der Waals surface area contributed by atoms with E-state index in [4.69, 9.17) is 9.15 Å². The number of hydrogen-bond acceptors (Lipinski definition) is 4. The van der Waals surface area contributed by atoms with Crippen LogP contribution in [0.4, 0.5) is 0 Å². The Morgan fingerprint density at radius 3 is 2.52 bits per heavy atom. The number of morpholine rings is 1. The predicted octanol–water partition coefficient (Wildman–Crippen LogP) is -1.89. The number of hydrogen-bond donors (Lipinski definition) is 4. The van der Waals surface area contributed by atoms with E-state index in [1.165, 1.54) is 20.9 Å². The van der Waals surface area contributed by atoms with Crippen LogP contribution in [0.2, 0.25) is 0 Å². The van der Waals surface area contributed by atoms with Crippen LogP contribution in [0.5, 0.6) is 0 Å². The van der Waals surface area contributed by atoms with Gasteiger partial charge in [0, 0.05) is 12.0 Å². The molecule has 4 N–H and O–H groups in total. The van der Waals surface area contributed by atoms with Gasteiger partial charge in [-0.25, -0.2) is 0 Å². The molecule has 1 fully saturated rings. The lowest BCUT2D eigenvalue weighted by Gasteiger charge is -2.31. The van der Waals surface area contributed by atoms with Gasteiger partial charge in [0.25, 0.3) is 0 Å². The Labute approximate surface area is 182 Å². The average Bonchev–Trinajstić information content (AvgIpc) is 3.34. The number of quaternary nitrogens is 2. The number of benzene rings is 1. The van der Waals surface area contributed by atoms with Gasteiger partial charge in [-0.15, -0.1) is 0 Å². The highest BCUT2D eigenvalue weighted by molar-refractivity contribution is 6.35. The fourth-order valence-corrected chi connectivity index (χ4v) is 4.45. The van der Waals surface area contributed by atoms with Crippen LogP contribution in [0.15, 0.2) is 47.1 Å². The molecule has 2 atom stereocenters. The van der Waals surface area contributed by atoms with Crippen molar-refractivity contribution >= 4 is 11.8 Å². The zero-order valence-corrected chi connectivity index (χ0v) is 17.8. The second-order valence-electron chi connectivity index (χ2n) is 8.25. The Balaban J connectivity index is 1.29. The molecule has 2 aliphatic heterocycles. The van der Waals surface area contributed by atoms with Crippen LogP contribution in [0.3, 0.4) is 0 Å². The highest BCUT2D eigenvalue weighted by atomic mass is 16.5. The largest absolute Gasteiger partial charge is 0.463 e. The quantitative estimate of drug-likeness (QED) is 0.389. The third-order valence-electron chi connectivity index (χ3n) is 6.27. The van der Waals surface area contributed by atoms with Crippen LogP contribution in [0.25, 0.3) is 0 Å². The summed E-state index contributed by atoms with van der Waals surface area (Å²) in [6, 6.07) is 12.2. The number of carbonyl (C=O) groups is 2. The van der Waals surface area contributed by atoms with Crippen LogP contribution in [0.1, 0.15) is 22.9 Å². The number of ether oxygens (including phenoxy) is 1. The Bertz CT molecular complexity index is 864. The second kappa shape index (κ2) is 10.6. The molecule has 31 heavy (non-hydrogen) atoms. The van der Waals surface area contributed by atoms with Gasteiger partial charge >= 0.3 is 11.8 Å². The minimum Gasteiger partial charge on any atom is -0.463 e. The van der Waals surface area contributed by atoms with Gasteiger partial charge in [0.1, 0.15) is 19.6 Å². The summed E-state index contributed by atoms with van der Waals surface area (Å²) in [5.74, 6) is -0.346. The summed E-state index contributed by atoms with van der Waals surface area (Å²) < 4.78 is 11.0. The summed E-state index contributed by atoms with van der Waals surface area (Å²) in [5, 5.41) is 5.56. The van der Waals surface area contributed by atoms with Crippen molar-refractivity contribution in [1.82, 2.24) is 10.6 Å². The van der Waals surface area contributed by atoms with Crippen LogP contribution in [0, 0.1) is 0 Å². The van der Waals surface area contributed by atoms with E-state index in [0.29, 0.717) is 13.1 Å². The molecular weight excluding hydrogens is 396 g/mol. The molecule has 0 bridgehead atoms. The molecule has 166 valence electrons. The van der Waals surface area contributed by atoms with E-state index >= 15 is 0 Å². The second-order valence-corrected chi connectivity index (χ2v) is 8.25. The van der Waals surface area contributed by atoms with Gasteiger partial charge in [0.15, 0.2) is 11.8 Å². The van der Waals surface area contributed by atoms with Crippen molar-refractivity contribution in [3.05, 3.63) is 59.5 Å². The molecule has 2 aromatic rings. The minimum absolute atomic E-state index is 0.0436. The molecule has 2 amide bonds. The first-order valence-electron chi connectivity index (χ1n) is 11.1. The first kappa shape index (κ1) is 21.5. The summed E-state index contributed by atoms with van der Waals surface area (Å²) in [7, 11) is 0. The summed E-state index contributed by atoms with van der Waals surface area (Å²) in [5.41, 5.74) is 2.71. The summed E-state index contributed by atoms with van der Waals surface area (Å²) in [6.45, 7) is 6.84. The van der Waals surface area contributed by atoms with Gasteiger partial charge in [0.2, 0.25) is 0 Å². The molecular formula is C23H32N4O4+2. The normalized spacial score (nSPS) is 19.9. The number of amides is 2. The molecule has 1 saturated heterocycles. The first-order chi connectivity index (χ1) is 15.2. The number of rotatable bonds is 7. The Morgan fingerprint density at radius 1 is 0.968 bits per heavy atom. The van der Waals surface area contributed by atoms with Crippen molar-refractivity contribution < 1.29 is 28.5 Å². The van der Waals surface area contributed by atoms with E-state index in [0.717, 1.165) is 58.1 Å². The Kier molecular flexibility index (Phi) is 7.35. The fraction of sp³-hybridized carbons (Fsp3) is 0.478. The molecule has 0 saturated carbocycles. The Morgan fingerprint density at radius 2 is 1.74 bits per heavy atom. The fourth-order valence-electron chi connectivity index (χ4n) is 4.45. The molecule has 4 rings (SSSR count). The molecule has 8 heteroatoms. The third kappa shape index (κ3) is 5.72. The monoisotopic (exact) mass is 428 g/mol. The Hall–Kier alpha value is -2.68. The lowest BCUT2D eigenvalue weighted by molar-refractivity contribution is -0.946. The van der Waals surface area contributed by atoms with Gasteiger partial charge < -0.3 is 29.6 Å². The van der Waals surface area contributed by atoms with E-state index in [9.17, 15) is 9.59 Å². The number of carbonyl (C=O) groups excluding carboxylic acids is 2. The minimum atomic E-state index is -0.592. The average molecular weight is 429 g/mol. The van der Waals surface area contributed by atoms with Crippen LogP contribution in [-0.2, 0) is 27.3 Å². The smallest absolute Gasteiger partial charge is 0.309 e. The SMILES string of the molecule is O=C(NCC[NH+]1CCOCC1)C(=O)NC[C@@H](c1ccco1)[NH+]1CCc2ccccc2C1. The molecule has 2 aliphatic rings. The molecule has 1 unspecified atom stereocenters. The highest BCUT2D eigenvalue weighted by Gasteiger charge is 2.31. The molecule has 0 radical (unpaired) electrons. The van der Waals surface area contributed by atoms with E-state index < -0.39 is 11.8 Å². The maximum Gasteiger partial charge on any atom is 0.309 e. The van der Waals surface area contributed by atoms with Crippen molar-refractivity contribution in [3.63, 3.8) is 0 Å². The standard InChI is InChI=1S/C23H30N4O4/c28-22(24-8-10-26-11-14-30-15-12-26)23(29)25-16-20(21-6-3-13-31-21)27-9-7-18-4-1-2-5-19(18)17-27/h1-6,13,20H,7-12,14-17H2,(H,24,28)(H,25,29)/p+2/t20-/m0/s1. The lowest BCUT2D eigenvalue weighted by atomic mass is 9.98. The summed E-state index contributed by atoms with van der Waals surface area (Å²) >= 11 is 0. The molecule has 0 spiro atoms. The molecule has 1 aromatic carbocycles. The van der Waals surface area contributed by atoms with Crippen LogP contribution in [-0.4, -0.2) is 64.3 Å². The summed E-state index contributed by atoms with van der Waals surface area (Å²) in [6.07, 6.45) is 2.64.